The van der Waals surface area contributed by atoms with E-state index in [1.165, 1.54) is 34.1 Å². The van der Waals surface area contributed by atoms with Crippen molar-refractivity contribution in [1.82, 2.24) is 0 Å². The predicted molar refractivity (Wildman–Crippen MR) is 148 cm³/mol. The summed E-state index contributed by atoms with van der Waals surface area (Å²) in [6.07, 6.45) is 1.63. The normalized spacial score (nSPS) is 21.6. The Hall–Kier alpha value is -4.26. The van der Waals surface area contributed by atoms with Gasteiger partial charge in [-0.1, -0.05) is 72.5 Å². The zero-order valence-electron chi connectivity index (χ0n) is 20.3. The van der Waals surface area contributed by atoms with Crippen LogP contribution in [0.2, 0.25) is 0 Å². The molecule has 2 aliphatic carbocycles. The van der Waals surface area contributed by atoms with Gasteiger partial charge in [0.2, 0.25) is 0 Å². The van der Waals surface area contributed by atoms with Gasteiger partial charge in [0.15, 0.2) is 0 Å². The molecular formula is C36H28+2. The van der Waals surface area contributed by atoms with E-state index in [1.54, 1.807) is 0 Å². The van der Waals surface area contributed by atoms with Crippen LogP contribution in [0, 0.1) is 47.4 Å². The van der Waals surface area contributed by atoms with Crippen LogP contribution in [0.4, 0.5) is 0 Å². The average Bonchev–Trinajstić information content (AvgIpc) is 3.86. The van der Waals surface area contributed by atoms with Gasteiger partial charge in [0, 0.05) is 37.1 Å². The number of hydrogen-bond acceptors (Lipinski definition) is 0. The SMILES string of the molecule is C(#CC1[C+](c2ccccc2)C1c1ccccc1)CCC#CC1[C+](c2ccccc2)C1c1ccccc1. The van der Waals surface area contributed by atoms with E-state index >= 15 is 0 Å². The van der Waals surface area contributed by atoms with E-state index in [0.717, 1.165) is 12.8 Å². The highest BCUT2D eigenvalue weighted by Gasteiger charge is 2.58. The minimum atomic E-state index is 0.312. The van der Waals surface area contributed by atoms with Crippen molar-refractivity contribution in [1.29, 1.82) is 0 Å². The van der Waals surface area contributed by atoms with Crippen molar-refractivity contribution in [2.45, 2.75) is 24.7 Å². The molecule has 0 spiro atoms. The molecule has 2 fully saturated rings. The fraction of sp³-hybridized carbons (Fsp3) is 0.167. The summed E-state index contributed by atoms with van der Waals surface area (Å²) in [6.45, 7) is 0. The summed E-state index contributed by atoms with van der Waals surface area (Å²) in [5.41, 5.74) is 5.35. The van der Waals surface area contributed by atoms with Gasteiger partial charge in [-0.25, -0.2) is 0 Å². The highest BCUT2D eigenvalue weighted by molar-refractivity contribution is 5.58. The number of unbranched alkanes of at least 4 members (excludes halogenated alkanes) is 1. The Morgan fingerprint density at radius 1 is 0.444 bits per heavy atom. The van der Waals surface area contributed by atoms with Crippen LogP contribution in [0.15, 0.2) is 121 Å². The van der Waals surface area contributed by atoms with Crippen LogP contribution in [-0.2, 0) is 0 Å². The third-order valence-corrected chi connectivity index (χ3v) is 7.21. The molecule has 4 unspecified atom stereocenters. The molecule has 2 saturated carbocycles. The summed E-state index contributed by atoms with van der Waals surface area (Å²) in [5, 5.41) is 0. The molecule has 0 bridgehead atoms. The number of rotatable bonds is 5. The van der Waals surface area contributed by atoms with E-state index in [4.69, 9.17) is 0 Å². The molecule has 0 aliphatic heterocycles. The van der Waals surface area contributed by atoms with Gasteiger partial charge in [0.25, 0.3) is 0 Å². The quantitative estimate of drug-likeness (QED) is 0.162. The fourth-order valence-electron chi connectivity index (χ4n) is 5.38. The Morgan fingerprint density at radius 3 is 1.14 bits per heavy atom. The third-order valence-electron chi connectivity index (χ3n) is 7.21. The smallest absolute Gasteiger partial charge is 0.100 e. The second kappa shape index (κ2) is 10.2. The highest BCUT2D eigenvalue weighted by Crippen LogP contribution is 2.60. The van der Waals surface area contributed by atoms with E-state index in [1.807, 2.05) is 0 Å². The molecule has 0 N–H and O–H groups in total. The van der Waals surface area contributed by atoms with Gasteiger partial charge in [-0.2, -0.15) is 0 Å². The summed E-state index contributed by atoms with van der Waals surface area (Å²) in [7, 11) is 0. The maximum atomic E-state index is 3.57. The van der Waals surface area contributed by atoms with E-state index in [2.05, 4.69) is 145 Å². The van der Waals surface area contributed by atoms with Gasteiger partial charge in [-0.15, -0.1) is 11.8 Å². The fourth-order valence-corrected chi connectivity index (χ4v) is 5.38. The first-order valence-corrected chi connectivity index (χ1v) is 12.8. The van der Waals surface area contributed by atoms with Crippen molar-refractivity contribution in [2.75, 3.05) is 0 Å². The lowest BCUT2D eigenvalue weighted by molar-refractivity contribution is 1.03. The van der Waals surface area contributed by atoms with Crippen molar-refractivity contribution in [3.63, 3.8) is 0 Å². The maximum absolute atomic E-state index is 3.57. The molecular weight excluding hydrogens is 432 g/mol. The van der Waals surface area contributed by atoms with Crippen LogP contribution < -0.4 is 0 Å². The molecule has 6 rings (SSSR count). The van der Waals surface area contributed by atoms with Gasteiger partial charge < -0.3 is 0 Å². The van der Waals surface area contributed by atoms with E-state index in [0.29, 0.717) is 23.7 Å². The monoisotopic (exact) mass is 460 g/mol. The highest BCUT2D eigenvalue weighted by atomic mass is 14.5. The molecule has 4 aromatic rings. The minimum absolute atomic E-state index is 0.312. The van der Waals surface area contributed by atoms with Crippen molar-refractivity contribution >= 4 is 0 Å². The van der Waals surface area contributed by atoms with E-state index in [9.17, 15) is 0 Å². The van der Waals surface area contributed by atoms with Gasteiger partial charge in [-0.3, -0.25) is 0 Å². The Bertz CT molecular complexity index is 1190. The van der Waals surface area contributed by atoms with Crippen LogP contribution in [0.5, 0.6) is 0 Å². The molecule has 4 atom stereocenters. The maximum Gasteiger partial charge on any atom is 0.134 e. The van der Waals surface area contributed by atoms with Crippen LogP contribution in [-0.4, -0.2) is 0 Å². The molecule has 0 heteroatoms. The van der Waals surface area contributed by atoms with Crippen LogP contribution >= 0.6 is 0 Å². The second-order valence-electron chi connectivity index (χ2n) is 9.52. The van der Waals surface area contributed by atoms with E-state index in [-0.39, 0.29) is 0 Å². The molecule has 0 amide bonds. The molecule has 2 aliphatic rings. The Kier molecular flexibility index (Phi) is 6.27. The molecule has 0 heterocycles. The third kappa shape index (κ3) is 4.64. The second-order valence-corrected chi connectivity index (χ2v) is 9.52. The Balaban J connectivity index is 1.11. The Labute approximate surface area is 215 Å². The van der Waals surface area contributed by atoms with Crippen LogP contribution in [0.25, 0.3) is 0 Å². The van der Waals surface area contributed by atoms with E-state index < -0.39 is 0 Å². The Morgan fingerprint density at radius 2 is 0.778 bits per heavy atom. The molecule has 0 radical (unpaired) electrons. The molecule has 36 heavy (non-hydrogen) atoms. The molecule has 0 nitrogen and oxygen atoms in total. The van der Waals surface area contributed by atoms with Crippen molar-refractivity contribution in [3.8, 4) is 23.7 Å². The van der Waals surface area contributed by atoms with Crippen molar-refractivity contribution in [2.24, 2.45) is 11.8 Å². The number of hydrogen-bond donors (Lipinski definition) is 0. The summed E-state index contributed by atoms with van der Waals surface area (Å²) < 4.78 is 0. The first-order chi connectivity index (χ1) is 17.9. The summed E-state index contributed by atoms with van der Waals surface area (Å²) in [5.74, 6) is 18.4. The topological polar surface area (TPSA) is 0 Å². The molecule has 0 saturated heterocycles. The predicted octanol–water partition coefficient (Wildman–Crippen LogP) is 7.85. The number of benzene rings is 4. The lowest BCUT2D eigenvalue weighted by atomic mass is 10.0. The van der Waals surface area contributed by atoms with Gasteiger partial charge in [0.1, 0.15) is 23.0 Å². The lowest BCUT2D eigenvalue weighted by Crippen LogP contribution is -1.83. The minimum Gasteiger partial charge on any atom is -0.100 e. The van der Waals surface area contributed by atoms with Gasteiger partial charge in [0.05, 0.1) is 23.7 Å². The molecule has 4 aromatic carbocycles. The summed E-state index contributed by atoms with van der Waals surface area (Å²) in [4.78, 5) is 0. The molecule has 0 aromatic heterocycles. The largest absolute Gasteiger partial charge is 0.134 e. The summed E-state index contributed by atoms with van der Waals surface area (Å²) in [6, 6.07) is 43.0. The first-order valence-electron chi connectivity index (χ1n) is 12.8. The lowest BCUT2D eigenvalue weighted by Gasteiger charge is -1.94. The van der Waals surface area contributed by atoms with Crippen LogP contribution in [0.1, 0.15) is 46.9 Å². The van der Waals surface area contributed by atoms with Crippen molar-refractivity contribution in [3.05, 3.63) is 155 Å². The molecule has 170 valence electrons. The van der Waals surface area contributed by atoms with Gasteiger partial charge in [-0.05, 0) is 47.5 Å². The zero-order chi connectivity index (χ0) is 24.2. The van der Waals surface area contributed by atoms with Gasteiger partial charge >= 0.3 is 0 Å². The summed E-state index contributed by atoms with van der Waals surface area (Å²) >= 11 is 0. The van der Waals surface area contributed by atoms with Crippen LogP contribution in [0.3, 0.4) is 0 Å². The zero-order valence-corrected chi connectivity index (χ0v) is 20.3. The standard InChI is InChI=1S/C36H28/c1(15-25-31-33(27-17-7-3-8-18-27)34(31)28-19-9-4-10-20-28)2-16-26-32-35(29-21-11-5-12-22-29)36(32)30-23-13-6-14-24-30/h3-14,17-24,31-33,35H,1-2H2/q+2. The first kappa shape index (κ1) is 22.2. The average molecular weight is 461 g/mol. The van der Waals surface area contributed by atoms with Crippen molar-refractivity contribution < 1.29 is 0 Å².